The fourth-order valence-corrected chi connectivity index (χ4v) is 3.98. The van der Waals surface area contributed by atoms with E-state index in [1.807, 2.05) is 0 Å². The number of hydrogen-bond acceptors (Lipinski definition) is 5. The number of benzene rings is 1. The number of nitrogens with one attached hydrogen (secondary N) is 1. The summed E-state index contributed by atoms with van der Waals surface area (Å²) in [6.07, 6.45) is 1.25. The van der Waals surface area contributed by atoms with Gasteiger partial charge in [-0.25, -0.2) is 17.5 Å². The zero-order valence-corrected chi connectivity index (χ0v) is 15.3. The van der Waals surface area contributed by atoms with Crippen LogP contribution in [-0.2, 0) is 19.6 Å². The second kappa shape index (κ2) is 8.44. The first-order chi connectivity index (χ1) is 11.9. The molecule has 25 heavy (non-hydrogen) atoms. The van der Waals surface area contributed by atoms with Gasteiger partial charge in [0.05, 0.1) is 29.5 Å². The van der Waals surface area contributed by atoms with Crippen LogP contribution in [0.4, 0.5) is 5.69 Å². The molecule has 0 saturated carbocycles. The molecule has 1 N–H and O–H groups in total. The highest BCUT2D eigenvalue weighted by molar-refractivity contribution is 7.89. The SMILES string of the molecule is CCOC(=O)c1ccccc1NC(=O)[C@@H]1CCCN(S(=O)(=O)CC)C1. The van der Waals surface area contributed by atoms with E-state index in [1.165, 1.54) is 4.31 Å². The van der Waals surface area contributed by atoms with E-state index in [0.29, 0.717) is 25.1 Å². The van der Waals surface area contributed by atoms with Gasteiger partial charge in [0.15, 0.2) is 0 Å². The molecule has 1 fully saturated rings. The number of carbonyl (C=O) groups is 2. The summed E-state index contributed by atoms with van der Waals surface area (Å²) in [5.41, 5.74) is 0.660. The number of ether oxygens (including phenoxy) is 1. The van der Waals surface area contributed by atoms with Crippen molar-refractivity contribution in [3.8, 4) is 0 Å². The number of piperidine rings is 1. The first kappa shape index (κ1) is 19.4. The zero-order valence-electron chi connectivity index (χ0n) is 14.5. The lowest BCUT2D eigenvalue weighted by atomic mass is 9.98. The van der Waals surface area contributed by atoms with Gasteiger partial charge in [-0.05, 0) is 38.8 Å². The topological polar surface area (TPSA) is 92.8 Å². The molecule has 1 atom stereocenters. The van der Waals surface area contributed by atoms with Gasteiger partial charge in [0.1, 0.15) is 0 Å². The van der Waals surface area contributed by atoms with E-state index in [0.717, 1.165) is 0 Å². The highest BCUT2D eigenvalue weighted by Crippen LogP contribution is 2.23. The Bertz CT molecular complexity index is 732. The molecule has 0 aromatic heterocycles. The first-order valence-electron chi connectivity index (χ1n) is 8.43. The third kappa shape index (κ3) is 4.79. The molecule has 7 nitrogen and oxygen atoms in total. The zero-order chi connectivity index (χ0) is 18.4. The van der Waals surface area contributed by atoms with Crippen LogP contribution in [0.2, 0.25) is 0 Å². The minimum Gasteiger partial charge on any atom is -0.462 e. The third-order valence-corrected chi connectivity index (χ3v) is 6.04. The van der Waals surface area contributed by atoms with Crippen LogP contribution in [-0.4, -0.2) is 50.0 Å². The molecule has 0 bridgehead atoms. The lowest BCUT2D eigenvalue weighted by Gasteiger charge is -2.31. The van der Waals surface area contributed by atoms with Crippen molar-refractivity contribution in [3.63, 3.8) is 0 Å². The molecule has 1 aromatic rings. The number of amides is 1. The summed E-state index contributed by atoms with van der Waals surface area (Å²) in [5, 5.41) is 2.75. The summed E-state index contributed by atoms with van der Waals surface area (Å²) >= 11 is 0. The van der Waals surface area contributed by atoms with Crippen molar-refractivity contribution < 1.29 is 22.7 Å². The molecule has 8 heteroatoms. The summed E-state index contributed by atoms with van der Waals surface area (Å²) in [5.74, 6) is -1.21. The fourth-order valence-electron chi connectivity index (χ4n) is 2.81. The molecule has 1 heterocycles. The molecule has 0 spiro atoms. The lowest BCUT2D eigenvalue weighted by molar-refractivity contribution is -0.120. The van der Waals surface area contributed by atoms with E-state index in [-0.39, 0.29) is 30.4 Å². The van der Waals surface area contributed by atoms with Crippen molar-refractivity contribution in [1.29, 1.82) is 0 Å². The number of hydrogen-bond donors (Lipinski definition) is 1. The van der Waals surface area contributed by atoms with Crippen molar-refractivity contribution >= 4 is 27.6 Å². The van der Waals surface area contributed by atoms with Crippen LogP contribution in [0, 0.1) is 5.92 Å². The van der Waals surface area contributed by atoms with Crippen molar-refractivity contribution in [1.82, 2.24) is 4.31 Å². The van der Waals surface area contributed by atoms with Crippen LogP contribution in [0.3, 0.4) is 0 Å². The summed E-state index contributed by atoms with van der Waals surface area (Å²) in [6, 6.07) is 6.63. The van der Waals surface area contributed by atoms with Crippen molar-refractivity contribution in [2.24, 2.45) is 5.92 Å². The standard InChI is InChI=1S/C17H24N2O5S/c1-3-24-17(21)14-9-5-6-10-15(14)18-16(20)13-8-7-11-19(12-13)25(22,23)4-2/h5-6,9-10,13H,3-4,7-8,11-12H2,1-2H3,(H,18,20)/t13-/m1/s1. The number of nitrogens with zero attached hydrogens (tertiary/aromatic N) is 1. The molecule has 0 aliphatic carbocycles. The number of rotatable bonds is 6. The smallest absolute Gasteiger partial charge is 0.340 e. The van der Waals surface area contributed by atoms with Crippen molar-refractivity contribution in [2.75, 3.05) is 30.8 Å². The fraction of sp³-hybridized carbons (Fsp3) is 0.529. The number of carbonyl (C=O) groups excluding carboxylic acids is 2. The first-order valence-corrected chi connectivity index (χ1v) is 10.0. The molecular weight excluding hydrogens is 344 g/mol. The Morgan fingerprint density at radius 2 is 2.00 bits per heavy atom. The second-order valence-electron chi connectivity index (χ2n) is 5.85. The minimum atomic E-state index is -3.31. The molecular formula is C17H24N2O5S. The van der Waals surface area contributed by atoms with Crippen LogP contribution < -0.4 is 5.32 Å². The van der Waals surface area contributed by atoms with Gasteiger partial charge in [0.25, 0.3) is 0 Å². The number of para-hydroxylation sites is 1. The highest BCUT2D eigenvalue weighted by Gasteiger charge is 2.31. The Hall–Kier alpha value is -1.93. The third-order valence-electron chi connectivity index (χ3n) is 4.19. The van der Waals surface area contributed by atoms with Gasteiger partial charge in [-0.3, -0.25) is 4.79 Å². The summed E-state index contributed by atoms with van der Waals surface area (Å²) < 4.78 is 30.4. The molecule has 0 unspecified atom stereocenters. The minimum absolute atomic E-state index is 0.0209. The molecule has 2 rings (SSSR count). The Labute approximate surface area is 148 Å². The summed E-state index contributed by atoms with van der Waals surface area (Å²) in [6.45, 7) is 4.16. The molecule has 1 amide bonds. The molecule has 0 radical (unpaired) electrons. The Morgan fingerprint density at radius 1 is 1.28 bits per heavy atom. The van der Waals surface area contributed by atoms with E-state index in [4.69, 9.17) is 4.74 Å². The van der Waals surface area contributed by atoms with Crippen LogP contribution in [0.15, 0.2) is 24.3 Å². The maximum atomic E-state index is 12.6. The predicted molar refractivity (Wildman–Crippen MR) is 94.8 cm³/mol. The molecule has 1 saturated heterocycles. The molecule has 1 aliphatic rings. The predicted octanol–water partition coefficient (Wildman–Crippen LogP) is 1.86. The number of sulfonamides is 1. The van der Waals surface area contributed by atoms with E-state index in [1.54, 1.807) is 38.1 Å². The van der Waals surface area contributed by atoms with Crippen LogP contribution in [0.1, 0.15) is 37.0 Å². The Morgan fingerprint density at radius 3 is 2.68 bits per heavy atom. The largest absolute Gasteiger partial charge is 0.462 e. The van der Waals surface area contributed by atoms with Gasteiger partial charge in [0, 0.05) is 13.1 Å². The average molecular weight is 368 g/mol. The van der Waals surface area contributed by atoms with Gasteiger partial charge in [0.2, 0.25) is 15.9 Å². The van der Waals surface area contributed by atoms with Gasteiger partial charge in [-0.15, -0.1) is 0 Å². The van der Waals surface area contributed by atoms with E-state index in [9.17, 15) is 18.0 Å². The lowest BCUT2D eigenvalue weighted by Crippen LogP contribution is -2.44. The summed E-state index contributed by atoms with van der Waals surface area (Å²) in [4.78, 5) is 24.6. The summed E-state index contributed by atoms with van der Waals surface area (Å²) in [7, 11) is -3.31. The normalized spacial score (nSPS) is 18.6. The number of esters is 1. The van der Waals surface area contributed by atoms with Crippen LogP contribution in [0.25, 0.3) is 0 Å². The van der Waals surface area contributed by atoms with E-state index >= 15 is 0 Å². The van der Waals surface area contributed by atoms with Crippen LogP contribution >= 0.6 is 0 Å². The van der Waals surface area contributed by atoms with Gasteiger partial charge in [-0.2, -0.15) is 0 Å². The van der Waals surface area contributed by atoms with Gasteiger partial charge < -0.3 is 10.1 Å². The Kier molecular flexibility index (Phi) is 6.55. The quantitative estimate of drug-likeness (QED) is 0.774. The van der Waals surface area contributed by atoms with Crippen molar-refractivity contribution in [3.05, 3.63) is 29.8 Å². The maximum Gasteiger partial charge on any atom is 0.340 e. The molecule has 1 aliphatic heterocycles. The van der Waals surface area contributed by atoms with E-state index < -0.39 is 21.9 Å². The van der Waals surface area contributed by atoms with Crippen molar-refractivity contribution in [2.45, 2.75) is 26.7 Å². The van der Waals surface area contributed by atoms with Crippen LogP contribution in [0.5, 0.6) is 0 Å². The average Bonchev–Trinajstić information content (AvgIpc) is 2.62. The van der Waals surface area contributed by atoms with Gasteiger partial charge in [-0.1, -0.05) is 12.1 Å². The van der Waals surface area contributed by atoms with Gasteiger partial charge >= 0.3 is 5.97 Å². The molecule has 138 valence electrons. The Balaban J connectivity index is 2.11. The second-order valence-corrected chi connectivity index (χ2v) is 8.11. The van der Waals surface area contributed by atoms with E-state index in [2.05, 4.69) is 5.32 Å². The molecule has 1 aromatic carbocycles. The maximum absolute atomic E-state index is 12.6. The number of anilines is 1. The monoisotopic (exact) mass is 368 g/mol. The highest BCUT2D eigenvalue weighted by atomic mass is 32.2.